The molecule has 0 amide bonds. The first-order chi connectivity index (χ1) is 14.7. The molecule has 1 aromatic carbocycles. The molecule has 3 aliphatic rings. The van der Waals surface area contributed by atoms with Gasteiger partial charge in [0.05, 0.1) is 32.6 Å². The number of nitrogens with zero attached hydrogens (tertiary/aromatic N) is 3. The van der Waals surface area contributed by atoms with Crippen molar-refractivity contribution >= 4 is 0 Å². The van der Waals surface area contributed by atoms with Gasteiger partial charge in [-0.2, -0.15) is 5.10 Å². The molecule has 30 heavy (non-hydrogen) atoms. The molecule has 5 nitrogen and oxygen atoms in total. The van der Waals surface area contributed by atoms with Crippen molar-refractivity contribution < 1.29 is 9.47 Å². The minimum atomic E-state index is 0.407. The highest BCUT2D eigenvalue weighted by molar-refractivity contribution is 5.65. The Balaban J connectivity index is 1.39. The predicted molar refractivity (Wildman–Crippen MR) is 119 cm³/mol. The van der Waals surface area contributed by atoms with Crippen LogP contribution in [0, 0.1) is 5.92 Å². The summed E-state index contributed by atoms with van der Waals surface area (Å²) in [5.41, 5.74) is 6.19. The average molecular weight is 410 g/mol. The smallest absolute Gasteiger partial charge is 0.0701 e. The Hall–Kier alpha value is -1.69. The minimum Gasteiger partial charge on any atom is -0.382 e. The van der Waals surface area contributed by atoms with Crippen LogP contribution in [0.1, 0.15) is 43.2 Å². The van der Waals surface area contributed by atoms with Crippen molar-refractivity contribution in [1.82, 2.24) is 14.7 Å². The van der Waals surface area contributed by atoms with Crippen molar-refractivity contribution in [2.75, 3.05) is 40.5 Å². The van der Waals surface area contributed by atoms with Crippen molar-refractivity contribution in [2.24, 2.45) is 5.92 Å². The van der Waals surface area contributed by atoms with Gasteiger partial charge in [-0.1, -0.05) is 31.0 Å². The summed E-state index contributed by atoms with van der Waals surface area (Å²) in [5.74, 6) is 0.833. The number of likely N-dealkylation sites (tertiary alicyclic amines) is 1. The van der Waals surface area contributed by atoms with Gasteiger partial charge in [-0.3, -0.25) is 4.68 Å². The fourth-order valence-corrected chi connectivity index (χ4v) is 6.41. The van der Waals surface area contributed by atoms with E-state index in [9.17, 15) is 0 Å². The van der Waals surface area contributed by atoms with Crippen molar-refractivity contribution in [3.63, 3.8) is 0 Å². The van der Waals surface area contributed by atoms with Crippen LogP contribution in [0.25, 0.3) is 11.1 Å². The Morgan fingerprint density at radius 1 is 1.13 bits per heavy atom. The maximum atomic E-state index is 5.59. The first-order valence-corrected chi connectivity index (χ1v) is 11.6. The van der Waals surface area contributed by atoms with E-state index in [0.29, 0.717) is 25.2 Å². The summed E-state index contributed by atoms with van der Waals surface area (Å²) in [4.78, 5) is 2.64. The van der Waals surface area contributed by atoms with E-state index in [0.717, 1.165) is 18.5 Å². The molecule has 2 aromatic rings. The number of aromatic nitrogens is 2. The Bertz CT molecular complexity index is 879. The number of hydrogen-bond acceptors (Lipinski definition) is 4. The number of benzene rings is 1. The second-order valence-corrected chi connectivity index (χ2v) is 9.48. The lowest BCUT2D eigenvalue weighted by molar-refractivity contribution is 0.00290. The Morgan fingerprint density at radius 2 is 2.07 bits per heavy atom. The minimum absolute atomic E-state index is 0.407. The van der Waals surface area contributed by atoms with Crippen LogP contribution in [0.2, 0.25) is 0 Å². The molecule has 2 aliphatic carbocycles. The van der Waals surface area contributed by atoms with Crippen LogP contribution < -0.4 is 0 Å². The molecule has 5 heteroatoms. The zero-order chi connectivity index (χ0) is 20.6. The van der Waals surface area contributed by atoms with Gasteiger partial charge in [0.25, 0.3) is 0 Å². The van der Waals surface area contributed by atoms with Crippen LogP contribution in [0.15, 0.2) is 30.6 Å². The van der Waals surface area contributed by atoms with E-state index in [1.165, 1.54) is 56.2 Å². The second kappa shape index (κ2) is 8.45. The van der Waals surface area contributed by atoms with Crippen molar-refractivity contribution in [2.45, 2.75) is 56.5 Å². The van der Waals surface area contributed by atoms with Crippen molar-refractivity contribution in [1.29, 1.82) is 0 Å². The van der Waals surface area contributed by atoms with Gasteiger partial charge in [0.1, 0.15) is 0 Å². The highest BCUT2D eigenvalue weighted by atomic mass is 16.5. The molecule has 162 valence electrons. The third-order valence-corrected chi connectivity index (χ3v) is 7.98. The number of rotatable bonds is 7. The van der Waals surface area contributed by atoms with E-state index in [4.69, 9.17) is 9.47 Å². The number of piperidine rings is 1. The molecule has 3 atom stereocenters. The number of methoxy groups -OCH3 is 1. The molecule has 1 aliphatic heterocycles. The standard InChI is InChI=1S/C25H35N3O2/c1-27-10-9-25-8-4-3-5-22(25)24(27)16-20-7-6-19(15-23(20)25)21-17-26-28(18-21)11-12-30-14-13-29-2/h6-7,15,17-18,22,24H,3-5,8-14,16H2,1-2H3/t22-,24+,25+/m0/s1. The molecular formula is C25H35N3O2. The molecule has 0 unspecified atom stereocenters. The molecule has 0 radical (unpaired) electrons. The Labute approximate surface area is 180 Å². The van der Waals surface area contributed by atoms with Crippen molar-refractivity contribution in [3.8, 4) is 11.1 Å². The molecule has 1 saturated heterocycles. The number of likely N-dealkylation sites (N-methyl/N-ethyl adjacent to an activating group) is 1. The van der Waals surface area contributed by atoms with Gasteiger partial charge in [0.15, 0.2) is 0 Å². The number of fused-ring (bicyclic) bond motifs is 1. The van der Waals surface area contributed by atoms with E-state index in [-0.39, 0.29) is 0 Å². The normalized spacial score (nSPS) is 28.2. The third-order valence-electron chi connectivity index (χ3n) is 7.98. The SMILES string of the molecule is COCCOCCn1cc(-c2ccc3c(c2)[C@@]24CCCC[C@H]2[C@@H](C3)N(C)CC4)cn1. The van der Waals surface area contributed by atoms with Gasteiger partial charge in [-0.15, -0.1) is 0 Å². The second-order valence-electron chi connectivity index (χ2n) is 9.48. The fraction of sp³-hybridized carbons (Fsp3) is 0.640. The quantitative estimate of drug-likeness (QED) is 0.650. The van der Waals surface area contributed by atoms with Gasteiger partial charge >= 0.3 is 0 Å². The summed E-state index contributed by atoms with van der Waals surface area (Å²) in [6, 6.07) is 7.98. The maximum absolute atomic E-state index is 5.59. The molecule has 1 saturated carbocycles. The molecular weight excluding hydrogens is 374 g/mol. The van der Waals surface area contributed by atoms with E-state index in [1.807, 2.05) is 10.9 Å². The zero-order valence-corrected chi connectivity index (χ0v) is 18.5. The monoisotopic (exact) mass is 409 g/mol. The molecule has 2 fully saturated rings. The first-order valence-electron chi connectivity index (χ1n) is 11.6. The van der Waals surface area contributed by atoms with Gasteiger partial charge in [0, 0.05) is 30.3 Å². The fourth-order valence-electron chi connectivity index (χ4n) is 6.41. The molecule has 0 N–H and O–H groups in total. The molecule has 1 aromatic heterocycles. The van der Waals surface area contributed by atoms with E-state index >= 15 is 0 Å². The molecule has 2 bridgehead atoms. The summed E-state index contributed by atoms with van der Waals surface area (Å²) >= 11 is 0. The molecule has 0 spiro atoms. The summed E-state index contributed by atoms with van der Waals surface area (Å²) in [5, 5.41) is 4.57. The van der Waals surface area contributed by atoms with Crippen LogP contribution in [0.5, 0.6) is 0 Å². The lowest BCUT2D eigenvalue weighted by atomic mass is 9.52. The Morgan fingerprint density at radius 3 is 2.97 bits per heavy atom. The van der Waals surface area contributed by atoms with Gasteiger partial charge < -0.3 is 14.4 Å². The highest BCUT2D eigenvalue weighted by Crippen LogP contribution is 2.55. The van der Waals surface area contributed by atoms with Crippen LogP contribution >= 0.6 is 0 Å². The molecule has 2 heterocycles. The van der Waals surface area contributed by atoms with Gasteiger partial charge in [-0.05, 0) is 61.9 Å². The van der Waals surface area contributed by atoms with Crippen LogP contribution in [-0.4, -0.2) is 61.2 Å². The molecule has 5 rings (SSSR count). The zero-order valence-electron chi connectivity index (χ0n) is 18.5. The van der Waals surface area contributed by atoms with E-state index < -0.39 is 0 Å². The highest BCUT2D eigenvalue weighted by Gasteiger charge is 2.52. The van der Waals surface area contributed by atoms with Gasteiger partial charge in [0.2, 0.25) is 0 Å². The van der Waals surface area contributed by atoms with Crippen LogP contribution in [-0.2, 0) is 27.9 Å². The summed E-state index contributed by atoms with van der Waals surface area (Å²) < 4.78 is 12.6. The maximum Gasteiger partial charge on any atom is 0.0701 e. The Kier molecular flexibility index (Phi) is 5.69. The first kappa shape index (κ1) is 20.2. The summed E-state index contributed by atoms with van der Waals surface area (Å²) in [7, 11) is 4.04. The predicted octanol–water partition coefficient (Wildman–Crippen LogP) is 3.90. The summed E-state index contributed by atoms with van der Waals surface area (Å²) in [6.45, 7) is 3.95. The summed E-state index contributed by atoms with van der Waals surface area (Å²) in [6.07, 6.45) is 12.3. The van der Waals surface area contributed by atoms with E-state index in [1.54, 1.807) is 18.2 Å². The average Bonchev–Trinajstić information content (AvgIpc) is 3.25. The largest absolute Gasteiger partial charge is 0.382 e. The van der Waals surface area contributed by atoms with E-state index in [2.05, 4.69) is 41.4 Å². The van der Waals surface area contributed by atoms with Gasteiger partial charge in [-0.25, -0.2) is 0 Å². The topological polar surface area (TPSA) is 39.5 Å². The third kappa shape index (κ3) is 3.51. The number of ether oxygens (including phenoxy) is 2. The lowest BCUT2D eigenvalue weighted by Crippen LogP contribution is -2.59. The lowest BCUT2D eigenvalue weighted by Gasteiger charge is -2.58. The van der Waals surface area contributed by atoms with Crippen LogP contribution in [0.3, 0.4) is 0 Å². The number of hydrogen-bond donors (Lipinski definition) is 0. The van der Waals surface area contributed by atoms with Crippen LogP contribution in [0.4, 0.5) is 0 Å². The van der Waals surface area contributed by atoms with Crippen molar-refractivity contribution in [3.05, 3.63) is 41.7 Å².